The van der Waals surface area contributed by atoms with E-state index in [1.165, 1.54) is 75.8 Å². The molecule has 0 saturated heterocycles. The van der Waals surface area contributed by atoms with Crippen molar-refractivity contribution in [1.82, 2.24) is 0 Å². The largest absolute Gasteiger partial charge is 0.0888 e. The van der Waals surface area contributed by atoms with Crippen LogP contribution in [0.2, 0.25) is 0 Å². The zero-order valence-corrected chi connectivity index (χ0v) is 21.1. The van der Waals surface area contributed by atoms with Gasteiger partial charge in [-0.1, -0.05) is 104 Å². The molecule has 0 unspecified atom stereocenters. The van der Waals surface area contributed by atoms with Gasteiger partial charge in [-0.3, -0.25) is 0 Å². The molecule has 1 aliphatic carbocycles. The third-order valence-electron chi connectivity index (χ3n) is 8.25. The van der Waals surface area contributed by atoms with E-state index in [4.69, 9.17) is 0 Å². The van der Waals surface area contributed by atoms with Gasteiger partial charge in [0.2, 0.25) is 0 Å². The van der Waals surface area contributed by atoms with E-state index in [2.05, 4.69) is 123 Å². The van der Waals surface area contributed by atoms with Crippen LogP contribution < -0.4 is 0 Å². The van der Waals surface area contributed by atoms with E-state index in [-0.39, 0.29) is 5.41 Å². The lowest BCUT2D eigenvalue weighted by molar-refractivity contribution is 0.661. The molecule has 0 saturated carbocycles. The maximum Gasteiger partial charge on any atom is 0.0207 e. The number of hydrogen-bond acceptors (Lipinski definition) is 1. The molecule has 170 valence electrons. The molecule has 36 heavy (non-hydrogen) atoms. The molecule has 0 N–H and O–H groups in total. The maximum absolute atomic E-state index is 2.45. The Kier molecular flexibility index (Phi) is 4.03. The molecule has 0 nitrogen and oxygen atoms in total. The second-order valence-corrected chi connectivity index (χ2v) is 11.7. The molecule has 1 heterocycles. The number of rotatable bonds is 1. The van der Waals surface area contributed by atoms with Crippen LogP contribution in [0.3, 0.4) is 0 Å². The van der Waals surface area contributed by atoms with Crippen molar-refractivity contribution < 1.29 is 0 Å². The molecule has 8 rings (SSSR count). The summed E-state index contributed by atoms with van der Waals surface area (Å²) in [5, 5.41) is 5.35. The van der Waals surface area contributed by atoms with E-state index in [1.54, 1.807) is 0 Å². The Hall–Kier alpha value is -3.81. The first-order valence-electron chi connectivity index (χ1n) is 12.6. The smallest absolute Gasteiger partial charge is 0.0207 e. The molecular formula is C35H24S. The SMILES string of the molecule is CC1(C)c2cc(-c3ccc4c5c(cccc35)-c3ccccc3S4)ccc2-c2cc3ccccc3cc21. The summed E-state index contributed by atoms with van der Waals surface area (Å²) >= 11 is 1.89. The highest BCUT2D eigenvalue weighted by Gasteiger charge is 2.36. The topological polar surface area (TPSA) is 0 Å². The molecule has 0 aromatic heterocycles. The van der Waals surface area contributed by atoms with Crippen LogP contribution in [0.5, 0.6) is 0 Å². The molecule has 1 heteroatoms. The Morgan fingerprint density at radius 1 is 0.500 bits per heavy atom. The van der Waals surface area contributed by atoms with Crippen LogP contribution in [0, 0.1) is 0 Å². The van der Waals surface area contributed by atoms with Crippen molar-refractivity contribution in [3.63, 3.8) is 0 Å². The molecule has 0 amide bonds. The third kappa shape index (κ3) is 2.67. The van der Waals surface area contributed by atoms with E-state index < -0.39 is 0 Å². The van der Waals surface area contributed by atoms with Gasteiger partial charge in [0.25, 0.3) is 0 Å². The zero-order chi connectivity index (χ0) is 24.0. The van der Waals surface area contributed by atoms with Gasteiger partial charge in [-0.15, -0.1) is 0 Å². The Balaban J connectivity index is 1.34. The Morgan fingerprint density at radius 3 is 2.11 bits per heavy atom. The first-order chi connectivity index (χ1) is 17.6. The monoisotopic (exact) mass is 476 g/mol. The summed E-state index contributed by atoms with van der Waals surface area (Å²) in [5.41, 5.74) is 10.9. The van der Waals surface area contributed by atoms with Gasteiger partial charge >= 0.3 is 0 Å². The summed E-state index contributed by atoms with van der Waals surface area (Å²) in [6.45, 7) is 4.75. The van der Waals surface area contributed by atoms with Crippen molar-refractivity contribution in [3.8, 4) is 33.4 Å². The molecular weight excluding hydrogens is 452 g/mol. The van der Waals surface area contributed by atoms with Gasteiger partial charge in [-0.25, -0.2) is 0 Å². The Morgan fingerprint density at radius 2 is 1.22 bits per heavy atom. The third-order valence-corrected chi connectivity index (χ3v) is 9.39. The van der Waals surface area contributed by atoms with Gasteiger partial charge in [-0.05, 0) is 91.0 Å². The fourth-order valence-corrected chi connectivity index (χ4v) is 7.55. The highest BCUT2D eigenvalue weighted by Crippen LogP contribution is 2.53. The minimum absolute atomic E-state index is 0.0359. The van der Waals surface area contributed by atoms with Crippen LogP contribution in [0.4, 0.5) is 0 Å². The fourth-order valence-electron chi connectivity index (χ4n) is 6.42. The molecule has 0 atom stereocenters. The van der Waals surface area contributed by atoms with Crippen LogP contribution in [0.15, 0.2) is 119 Å². The van der Waals surface area contributed by atoms with Crippen LogP contribution in [-0.2, 0) is 5.41 Å². The minimum atomic E-state index is -0.0359. The second-order valence-electron chi connectivity index (χ2n) is 10.6. The zero-order valence-electron chi connectivity index (χ0n) is 20.3. The molecule has 2 aliphatic rings. The van der Waals surface area contributed by atoms with Crippen molar-refractivity contribution in [2.24, 2.45) is 0 Å². The standard InChI is InChI=1S/C35H24S/c1-35(2)30-20-23(14-15-25(30)29-18-21-8-3-4-9-22(21)19-31(29)35)24-16-17-33-34-27(24)11-7-12-28(34)26-10-5-6-13-32(26)36-33/h3-20H,1-2H3. The van der Waals surface area contributed by atoms with Crippen molar-refractivity contribution in [2.75, 3.05) is 0 Å². The molecule has 0 fully saturated rings. The lowest BCUT2D eigenvalue weighted by atomic mass is 9.81. The van der Waals surface area contributed by atoms with Crippen LogP contribution in [0.25, 0.3) is 54.9 Å². The lowest BCUT2D eigenvalue weighted by Gasteiger charge is -2.23. The highest BCUT2D eigenvalue weighted by molar-refractivity contribution is 7.99. The minimum Gasteiger partial charge on any atom is -0.0888 e. The summed E-state index contributed by atoms with van der Waals surface area (Å²) in [4.78, 5) is 2.69. The number of benzene rings is 6. The second kappa shape index (κ2) is 7.12. The summed E-state index contributed by atoms with van der Waals surface area (Å²) in [6, 6.07) is 40.9. The van der Waals surface area contributed by atoms with Gasteiger partial charge in [0.1, 0.15) is 0 Å². The predicted molar refractivity (Wildman–Crippen MR) is 154 cm³/mol. The molecule has 6 aromatic rings. The average molecular weight is 477 g/mol. The molecule has 0 radical (unpaired) electrons. The van der Waals surface area contributed by atoms with Crippen molar-refractivity contribution in [2.45, 2.75) is 29.1 Å². The van der Waals surface area contributed by atoms with Gasteiger partial charge in [-0.2, -0.15) is 0 Å². The van der Waals surface area contributed by atoms with Crippen molar-refractivity contribution in [1.29, 1.82) is 0 Å². The average Bonchev–Trinajstić information content (AvgIpc) is 3.13. The van der Waals surface area contributed by atoms with E-state index >= 15 is 0 Å². The van der Waals surface area contributed by atoms with E-state index in [0.29, 0.717) is 0 Å². The van der Waals surface area contributed by atoms with E-state index in [9.17, 15) is 0 Å². The van der Waals surface area contributed by atoms with Gasteiger partial charge in [0, 0.05) is 20.6 Å². The van der Waals surface area contributed by atoms with E-state index in [1.807, 2.05) is 11.8 Å². The normalized spacial score (nSPS) is 14.5. The number of hydrogen-bond donors (Lipinski definition) is 0. The van der Waals surface area contributed by atoms with Gasteiger partial charge in [0.05, 0.1) is 0 Å². The van der Waals surface area contributed by atoms with Crippen LogP contribution >= 0.6 is 11.8 Å². The molecule has 1 aliphatic heterocycles. The van der Waals surface area contributed by atoms with Crippen LogP contribution in [-0.4, -0.2) is 0 Å². The molecule has 6 aromatic carbocycles. The summed E-state index contributed by atoms with van der Waals surface area (Å²) in [7, 11) is 0. The van der Waals surface area contributed by atoms with Gasteiger partial charge in [0.15, 0.2) is 0 Å². The van der Waals surface area contributed by atoms with Crippen LogP contribution in [0.1, 0.15) is 25.0 Å². The van der Waals surface area contributed by atoms with Crippen molar-refractivity contribution in [3.05, 3.63) is 120 Å². The summed E-state index contributed by atoms with van der Waals surface area (Å²) in [5.74, 6) is 0. The first-order valence-corrected chi connectivity index (χ1v) is 13.4. The highest BCUT2D eigenvalue weighted by atomic mass is 32.2. The fraction of sp³-hybridized carbons (Fsp3) is 0.0857. The Bertz CT molecular complexity index is 1890. The van der Waals surface area contributed by atoms with Crippen molar-refractivity contribution >= 4 is 33.3 Å². The number of fused-ring (bicyclic) bond motifs is 6. The first kappa shape index (κ1) is 20.4. The molecule has 0 bridgehead atoms. The summed E-state index contributed by atoms with van der Waals surface area (Å²) < 4.78 is 0. The van der Waals surface area contributed by atoms with Gasteiger partial charge < -0.3 is 0 Å². The lowest BCUT2D eigenvalue weighted by Crippen LogP contribution is -2.15. The quantitative estimate of drug-likeness (QED) is 0.227. The Labute approximate surface area is 215 Å². The van der Waals surface area contributed by atoms with E-state index in [0.717, 1.165) is 0 Å². The summed E-state index contributed by atoms with van der Waals surface area (Å²) in [6.07, 6.45) is 0. The maximum atomic E-state index is 2.45. The molecule has 0 spiro atoms. The predicted octanol–water partition coefficient (Wildman–Crippen LogP) is 10.1.